The summed E-state index contributed by atoms with van der Waals surface area (Å²) in [6.45, 7) is 2.91. The van der Waals surface area contributed by atoms with E-state index < -0.39 is 36.1 Å². The lowest BCUT2D eigenvalue weighted by Crippen LogP contribution is -2.47. The van der Waals surface area contributed by atoms with Crippen molar-refractivity contribution in [1.82, 2.24) is 5.16 Å². The number of anilines is 1. The van der Waals surface area contributed by atoms with Gasteiger partial charge in [-0.25, -0.2) is 9.59 Å². The average Bonchev–Trinajstić information content (AvgIpc) is 3.04. The molecule has 152 valence electrons. The SMILES string of the molecule is COC(=O)C(=O)C1CN(C(=O)O)c2cc(-c3c(C)noc3C)c(OC)cc2C1=O. The Bertz CT molecular complexity index is 1020. The lowest BCUT2D eigenvalue weighted by atomic mass is 9.86. The molecule has 1 amide bonds. The van der Waals surface area contributed by atoms with Gasteiger partial charge >= 0.3 is 12.1 Å². The van der Waals surface area contributed by atoms with Crippen LogP contribution in [0.3, 0.4) is 0 Å². The van der Waals surface area contributed by atoms with Crippen LogP contribution in [0.4, 0.5) is 10.5 Å². The van der Waals surface area contributed by atoms with Crippen LogP contribution in [0.25, 0.3) is 11.1 Å². The molecule has 10 heteroatoms. The molecule has 2 aromatic rings. The summed E-state index contributed by atoms with van der Waals surface area (Å²) in [6.07, 6.45) is -1.38. The molecule has 0 bridgehead atoms. The van der Waals surface area contributed by atoms with E-state index in [1.54, 1.807) is 13.8 Å². The molecule has 1 atom stereocenters. The number of aromatic nitrogens is 1. The molecule has 1 unspecified atom stereocenters. The Morgan fingerprint density at radius 3 is 2.41 bits per heavy atom. The number of ketones is 2. The van der Waals surface area contributed by atoms with Gasteiger partial charge in [-0.05, 0) is 26.0 Å². The van der Waals surface area contributed by atoms with E-state index in [1.165, 1.54) is 19.2 Å². The molecule has 1 aromatic carbocycles. The van der Waals surface area contributed by atoms with Crippen molar-refractivity contribution in [2.75, 3.05) is 25.7 Å². The zero-order valence-corrected chi connectivity index (χ0v) is 16.1. The van der Waals surface area contributed by atoms with Crippen LogP contribution in [0.1, 0.15) is 21.8 Å². The van der Waals surface area contributed by atoms with Crippen LogP contribution in [0, 0.1) is 19.8 Å². The van der Waals surface area contributed by atoms with Crippen LogP contribution in [0.2, 0.25) is 0 Å². The fraction of sp³-hybridized carbons (Fsp3) is 0.316. The molecule has 29 heavy (non-hydrogen) atoms. The second-order valence-corrected chi connectivity index (χ2v) is 6.43. The first-order chi connectivity index (χ1) is 13.7. The van der Waals surface area contributed by atoms with Crippen LogP contribution in [0.5, 0.6) is 5.75 Å². The largest absolute Gasteiger partial charge is 0.496 e. The summed E-state index contributed by atoms with van der Waals surface area (Å²) in [5.74, 6) is -3.75. The van der Waals surface area contributed by atoms with Gasteiger partial charge < -0.3 is 19.1 Å². The Hall–Kier alpha value is -3.69. The van der Waals surface area contributed by atoms with Crippen LogP contribution in [-0.4, -0.2) is 54.7 Å². The Morgan fingerprint density at radius 1 is 1.21 bits per heavy atom. The van der Waals surface area contributed by atoms with E-state index in [1.807, 2.05) is 0 Å². The third-order valence-corrected chi connectivity index (χ3v) is 4.79. The minimum Gasteiger partial charge on any atom is -0.496 e. The van der Waals surface area contributed by atoms with E-state index in [0.717, 1.165) is 12.0 Å². The Labute approximate surface area is 165 Å². The number of carbonyl (C=O) groups is 4. The maximum atomic E-state index is 12.9. The molecule has 0 aliphatic carbocycles. The molecule has 0 radical (unpaired) electrons. The number of fused-ring (bicyclic) bond motifs is 1. The number of carboxylic acid groups (broad SMARTS) is 1. The fourth-order valence-corrected chi connectivity index (χ4v) is 3.40. The van der Waals surface area contributed by atoms with E-state index in [0.29, 0.717) is 22.6 Å². The van der Waals surface area contributed by atoms with Gasteiger partial charge in [0.2, 0.25) is 0 Å². The first-order valence-electron chi connectivity index (χ1n) is 8.53. The maximum absolute atomic E-state index is 12.9. The molecular formula is C19H18N2O8. The number of hydrogen-bond donors (Lipinski definition) is 1. The minimum atomic E-state index is -1.50. The molecule has 0 saturated heterocycles. The van der Waals surface area contributed by atoms with Crippen LogP contribution >= 0.6 is 0 Å². The number of aryl methyl sites for hydroxylation is 2. The summed E-state index contributed by atoms with van der Waals surface area (Å²) in [5, 5.41) is 13.5. The van der Waals surface area contributed by atoms with Gasteiger partial charge in [-0.15, -0.1) is 0 Å². The lowest BCUT2D eigenvalue weighted by Gasteiger charge is -2.31. The summed E-state index contributed by atoms with van der Waals surface area (Å²) in [4.78, 5) is 49.5. The van der Waals surface area contributed by atoms with Crippen molar-refractivity contribution >= 4 is 29.3 Å². The van der Waals surface area contributed by atoms with E-state index in [-0.39, 0.29) is 17.0 Å². The van der Waals surface area contributed by atoms with Gasteiger partial charge in [0.1, 0.15) is 17.4 Å². The molecule has 3 rings (SSSR count). The fourth-order valence-electron chi connectivity index (χ4n) is 3.40. The van der Waals surface area contributed by atoms with Crippen molar-refractivity contribution in [3.63, 3.8) is 0 Å². The highest BCUT2D eigenvalue weighted by molar-refractivity contribution is 6.40. The van der Waals surface area contributed by atoms with Crippen molar-refractivity contribution < 1.29 is 38.3 Å². The van der Waals surface area contributed by atoms with Crippen molar-refractivity contribution in [3.05, 3.63) is 29.2 Å². The van der Waals surface area contributed by atoms with Crippen molar-refractivity contribution in [3.8, 4) is 16.9 Å². The highest BCUT2D eigenvalue weighted by Crippen LogP contribution is 2.42. The van der Waals surface area contributed by atoms with Gasteiger partial charge in [0.05, 0.1) is 31.2 Å². The van der Waals surface area contributed by atoms with Gasteiger partial charge in [-0.2, -0.15) is 0 Å². The normalized spacial score (nSPS) is 15.7. The molecule has 1 aromatic heterocycles. The predicted molar refractivity (Wildman–Crippen MR) is 98.2 cm³/mol. The third-order valence-electron chi connectivity index (χ3n) is 4.79. The number of ether oxygens (including phenoxy) is 2. The van der Waals surface area contributed by atoms with Gasteiger partial charge in [-0.3, -0.25) is 14.5 Å². The van der Waals surface area contributed by atoms with E-state index in [2.05, 4.69) is 9.89 Å². The molecule has 0 saturated carbocycles. The summed E-state index contributed by atoms with van der Waals surface area (Å²) in [7, 11) is 2.40. The van der Waals surface area contributed by atoms with Crippen LogP contribution in [0.15, 0.2) is 16.7 Å². The number of hydrogen-bond acceptors (Lipinski definition) is 8. The quantitative estimate of drug-likeness (QED) is 0.462. The smallest absolute Gasteiger partial charge is 0.411 e. The number of methoxy groups -OCH3 is 2. The lowest BCUT2D eigenvalue weighted by molar-refractivity contribution is -0.152. The molecule has 2 heterocycles. The average molecular weight is 402 g/mol. The second-order valence-electron chi connectivity index (χ2n) is 6.43. The molecule has 1 aliphatic heterocycles. The number of benzene rings is 1. The topological polar surface area (TPSA) is 136 Å². The standard InChI is InChI=1S/C19H18N2O8/c1-8-15(9(2)29-20-8)11-5-13-10(6-14(11)27-3)16(22)12(7-21(13)19(25)26)17(23)18(24)28-4/h5-6,12H,7H2,1-4H3,(H,25,26). The molecular weight excluding hydrogens is 384 g/mol. The maximum Gasteiger partial charge on any atom is 0.411 e. The molecule has 0 fully saturated rings. The second kappa shape index (κ2) is 7.38. The third kappa shape index (κ3) is 3.22. The number of carbonyl (C=O) groups excluding carboxylic acids is 3. The van der Waals surface area contributed by atoms with Gasteiger partial charge in [-0.1, -0.05) is 5.16 Å². The first-order valence-corrected chi connectivity index (χ1v) is 8.53. The first kappa shape index (κ1) is 20.1. The van der Waals surface area contributed by atoms with Crippen LogP contribution < -0.4 is 9.64 Å². The summed E-state index contributed by atoms with van der Waals surface area (Å²) >= 11 is 0. The Kier molecular flexibility index (Phi) is 5.10. The van der Waals surface area contributed by atoms with Gasteiger partial charge in [0.15, 0.2) is 5.78 Å². The van der Waals surface area contributed by atoms with Gasteiger partial charge in [0.25, 0.3) is 5.78 Å². The number of nitrogens with zero attached hydrogens (tertiary/aromatic N) is 2. The summed E-state index contributed by atoms with van der Waals surface area (Å²) < 4.78 is 15.0. The summed E-state index contributed by atoms with van der Waals surface area (Å²) in [5.41, 5.74) is 1.68. The molecule has 1 N–H and O–H groups in total. The number of amides is 1. The summed E-state index contributed by atoms with van der Waals surface area (Å²) in [6, 6.07) is 2.83. The number of rotatable bonds is 4. The zero-order valence-electron chi connectivity index (χ0n) is 16.1. The highest BCUT2D eigenvalue weighted by atomic mass is 16.5. The highest BCUT2D eigenvalue weighted by Gasteiger charge is 2.42. The van der Waals surface area contributed by atoms with E-state index >= 15 is 0 Å². The molecule has 1 aliphatic rings. The van der Waals surface area contributed by atoms with Gasteiger partial charge in [0, 0.05) is 17.7 Å². The predicted octanol–water partition coefficient (Wildman–Crippen LogP) is 2.01. The molecule has 0 spiro atoms. The monoisotopic (exact) mass is 402 g/mol. The zero-order chi connectivity index (χ0) is 21.5. The van der Waals surface area contributed by atoms with Crippen molar-refractivity contribution in [2.45, 2.75) is 13.8 Å². The van der Waals surface area contributed by atoms with Crippen molar-refractivity contribution in [1.29, 1.82) is 0 Å². The minimum absolute atomic E-state index is 0.0479. The van der Waals surface area contributed by atoms with E-state index in [4.69, 9.17) is 9.26 Å². The Morgan fingerprint density at radius 2 is 1.90 bits per heavy atom. The Balaban J connectivity index is 2.22. The van der Waals surface area contributed by atoms with Crippen LogP contribution in [-0.2, 0) is 14.3 Å². The number of Topliss-reactive ketones (excluding diaryl/α,β-unsaturated/α-hetero) is 2. The van der Waals surface area contributed by atoms with E-state index in [9.17, 15) is 24.3 Å². The molecule has 10 nitrogen and oxygen atoms in total. The van der Waals surface area contributed by atoms with Crippen molar-refractivity contribution in [2.24, 2.45) is 5.92 Å². The number of esters is 1.